The number of aliphatic hydroxyl groups excluding tert-OH is 1. The molecule has 0 amide bonds. The molecule has 0 bridgehead atoms. The molecule has 0 spiro atoms. The Kier molecular flexibility index (Phi) is 4.47. The molecular formula is C15H14ClFO3. The zero-order valence-corrected chi connectivity index (χ0v) is 11.8. The van der Waals surface area contributed by atoms with E-state index in [4.69, 9.17) is 21.1 Å². The summed E-state index contributed by atoms with van der Waals surface area (Å²) in [5.41, 5.74) is 0.402. The Bertz CT molecular complexity index is 596. The Morgan fingerprint density at radius 1 is 1.15 bits per heavy atom. The van der Waals surface area contributed by atoms with Crippen LogP contribution in [0.1, 0.15) is 17.2 Å². The number of ether oxygens (including phenoxy) is 2. The third kappa shape index (κ3) is 2.71. The highest BCUT2D eigenvalue weighted by molar-refractivity contribution is 6.31. The summed E-state index contributed by atoms with van der Waals surface area (Å²) in [6, 6.07) is 9.18. The van der Waals surface area contributed by atoms with E-state index in [9.17, 15) is 9.50 Å². The zero-order valence-electron chi connectivity index (χ0n) is 11.1. The second kappa shape index (κ2) is 6.11. The van der Waals surface area contributed by atoms with E-state index >= 15 is 0 Å². The molecule has 3 nitrogen and oxygen atoms in total. The van der Waals surface area contributed by atoms with Gasteiger partial charge in [0.25, 0.3) is 0 Å². The van der Waals surface area contributed by atoms with E-state index in [1.165, 1.54) is 32.4 Å². The van der Waals surface area contributed by atoms with Crippen molar-refractivity contribution in [1.82, 2.24) is 0 Å². The summed E-state index contributed by atoms with van der Waals surface area (Å²) in [5.74, 6) is 0.389. The lowest BCUT2D eigenvalue weighted by Crippen LogP contribution is -2.06. The van der Waals surface area contributed by atoms with Crippen molar-refractivity contribution >= 4 is 11.6 Å². The van der Waals surface area contributed by atoms with Crippen LogP contribution in [0.4, 0.5) is 4.39 Å². The molecule has 0 aliphatic rings. The summed E-state index contributed by atoms with van der Waals surface area (Å²) in [6.07, 6.45) is -1.24. The Hall–Kier alpha value is -1.78. The normalized spacial score (nSPS) is 12.1. The van der Waals surface area contributed by atoms with Crippen molar-refractivity contribution in [3.05, 3.63) is 58.4 Å². The lowest BCUT2D eigenvalue weighted by molar-refractivity contribution is 0.209. The summed E-state index contributed by atoms with van der Waals surface area (Å²) in [7, 11) is 2.98. The van der Waals surface area contributed by atoms with Crippen LogP contribution in [0.3, 0.4) is 0 Å². The Balaban J connectivity index is 2.55. The third-order valence-electron chi connectivity index (χ3n) is 3.00. The summed E-state index contributed by atoms with van der Waals surface area (Å²) in [5, 5.41) is 10.6. The lowest BCUT2D eigenvalue weighted by Gasteiger charge is -2.17. The average molecular weight is 297 g/mol. The first-order valence-electron chi connectivity index (χ1n) is 5.92. The van der Waals surface area contributed by atoms with Crippen LogP contribution in [0.15, 0.2) is 36.4 Å². The molecule has 1 unspecified atom stereocenters. The summed E-state index contributed by atoms with van der Waals surface area (Å²) < 4.78 is 24.2. The van der Waals surface area contributed by atoms with E-state index in [-0.39, 0.29) is 10.6 Å². The van der Waals surface area contributed by atoms with E-state index in [0.717, 1.165) is 0 Å². The second-order valence-electron chi connectivity index (χ2n) is 4.15. The van der Waals surface area contributed by atoms with Crippen LogP contribution in [0, 0.1) is 5.82 Å². The van der Waals surface area contributed by atoms with Crippen LogP contribution in [0.25, 0.3) is 0 Å². The smallest absolute Gasteiger partial charge is 0.130 e. The summed E-state index contributed by atoms with van der Waals surface area (Å²) in [4.78, 5) is 0. The molecule has 20 heavy (non-hydrogen) atoms. The fourth-order valence-corrected chi connectivity index (χ4v) is 2.25. The molecule has 0 saturated carbocycles. The maximum Gasteiger partial charge on any atom is 0.130 e. The van der Waals surface area contributed by atoms with Gasteiger partial charge in [-0.1, -0.05) is 17.7 Å². The number of methoxy groups -OCH3 is 2. The van der Waals surface area contributed by atoms with Crippen molar-refractivity contribution in [3.8, 4) is 11.5 Å². The van der Waals surface area contributed by atoms with Crippen molar-refractivity contribution in [2.24, 2.45) is 0 Å². The lowest BCUT2D eigenvalue weighted by atomic mass is 9.99. The standard InChI is InChI=1S/C15H14ClFO3/c1-19-9-6-7-13(20-2)10(8-9)15(18)14-11(16)4-3-5-12(14)17/h3-8,15,18H,1-2H3. The molecule has 1 atom stereocenters. The number of halogens is 2. The van der Waals surface area contributed by atoms with Crippen molar-refractivity contribution in [2.45, 2.75) is 6.10 Å². The monoisotopic (exact) mass is 296 g/mol. The highest BCUT2D eigenvalue weighted by Crippen LogP contribution is 2.36. The molecule has 0 saturated heterocycles. The van der Waals surface area contributed by atoms with Gasteiger partial charge in [0.05, 0.1) is 14.2 Å². The largest absolute Gasteiger partial charge is 0.497 e. The van der Waals surface area contributed by atoms with Crippen molar-refractivity contribution in [1.29, 1.82) is 0 Å². The van der Waals surface area contributed by atoms with Gasteiger partial charge in [-0.05, 0) is 30.3 Å². The SMILES string of the molecule is COc1ccc(OC)c(C(O)c2c(F)cccc2Cl)c1. The van der Waals surface area contributed by atoms with Crippen LogP contribution in [0.5, 0.6) is 11.5 Å². The molecule has 0 aromatic heterocycles. The van der Waals surface area contributed by atoms with Gasteiger partial charge in [-0.3, -0.25) is 0 Å². The maximum atomic E-state index is 13.9. The molecule has 5 heteroatoms. The van der Waals surface area contributed by atoms with Gasteiger partial charge < -0.3 is 14.6 Å². The average Bonchev–Trinajstić information content (AvgIpc) is 2.46. The number of hydrogen-bond donors (Lipinski definition) is 1. The van der Waals surface area contributed by atoms with Gasteiger partial charge in [-0.2, -0.15) is 0 Å². The van der Waals surface area contributed by atoms with E-state index in [1.54, 1.807) is 18.2 Å². The minimum absolute atomic E-state index is 0.0146. The molecule has 2 aromatic carbocycles. The van der Waals surface area contributed by atoms with Crippen LogP contribution < -0.4 is 9.47 Å². The molecule has 0 aliphatic heterocycles. The van der Waals surface area contributed by atoms with Crippen LogP contribution >= 0.6 is 11.6 Å². The topological polar surface area (TPSA) is 38.7 Å². The van der Waals surface area contributed by atoms with E-state index in [2.05, 4.69) is 0 Å². The third-order valence-corrected chi connectivity index (χ3v) is 3.33. The van der Waals surface area contributed by atoms with Crippen molar-refractivity contribution in [3.63, 3.8) is 0 Å². The second-order valence-corrected chi connectivity index (χ2v) is 4.55. The van der Waals surface area contributed by atoms with Crippen molar-refractivity contribution in [2.75, 3.05) is 14.2 Å². The fourth-order valence-electron chi connectivity index (χ4n) is 1.98. The minimum Gasteiger partial charge on any atom is -0.497 e. The predicted molar refractivity (Wildman–Crippen MR) is 75.0 cm³/mol. The highest BCUT2D eigenvalue weighted by Gasteiger charge is 2.22. The van der Waals surface area contributed by atoms with Gasteiger partial charge >= 0.3 is 0 Å². The summed E-state index contributed by atoms with van der Waals surface area (Å²) >= 11 is 5.97. The molecule has 0 radical (unpaired) electrons. The van der Waals surface area contributed by atoms with E-state index in [0.29, 0.717) is 17.1 Å². The van der Waals surface area contributed by atoms with Gasteiger partial charge in [0, 0.05) is 16.1 Å². The number of aliphatic hydroxyl groups is 1. The Morgan fingerprint density at radius 2 is 1.90 bits per heavy atom. The molecule has 106 valence electrons. The van der Waals surface area contributed by atoms with E-state index < -0.39 is 11.9 Å². The molecule has 1 N–H and O–H groups in total. The summed E-state index contributed by atoms with van der Waals surface area (Å²) in [6.45, 7) is 0. The van der Waals surface area contributed by atoms with Crippen molar-refractivity contribution < 1.29 is 19.0 Å². The molecule has 0 heterocycles. The first kappa shape index (κ1) is 14.6. The molecule has 0 aliphatic carbocycles. The molecular weight excluding hydrogens is 283 g/mol. The maximum absolute atomic E-state index is 13.9. The quantitative estimate of drug-likeness (QED) is 0.937. The van der Waals surface area contributed by atoms with Gasteiger partial charge in [-0.15, -0.1) is 0 Å². The highest BCUT2D eigenvalue weighted by atomic mass is 35.5. The van der Waals surface area contributed by atoms with E-state index in [1.807, 2.05) is 0 Å². The van der Waals surface area contributed by atoms with Crippen LogP contribution in [-0.4, -0.2) is 19.3 Å². The molecule has 2 aromatic rings. The van der Waals surface area contributed by atoms with Gasteiger partial charge in [-0.25, -0.2) is 4.39 Å². The number of hydrogen-bond acceptors (Lipinski definition) is 3. The minimum atomic E-state index is -1.24. The molecule has 0 fully saturated rings. The number of rotatable bonds is 4. The first-order chi connectivity index (χ1) is 9.58. The zero-order chi connectivity index (χ0) is 14.7. The Morgan fingerprint density at radius 3 is 2.50 bits per heavy atom. The Labute approximate surface area is 121 Å². The first-order valence-corrected chi connectivity index (χ1v) is 6.30. The predicted octanol–water partition coefficient (Wildman–Crippen LogP) is 3.58. The fraction of sp³-hybridized carbons (Fsp3) is 0.200. The number of benzene rings is 2. The molecule has 2 rings (SSSR count). The van der Waals surface area contributed by atoms with Crippen LogP contribution in [-0.2, 0) is 0 Å². The van der Waals surface area contributed by atoms with Gasteiger partial charge in [0.1, 0.15) is 23.4 Å². The van der Waals surface area contributed by atoms with Gasteiger partial charge in [0.15, 0.2) is 0 Å². The van der Waals surface area contributed by atoms with Crippen LogP contribution in [0.2, 0.25) is 5.02 Å². The van der Waals surface area contributed by atoms with Gasteiger partial charge in [0.2, 0.25) is 0 Å².